The van der Waals surface area contributed by atoms with E-state index >= 15 is 0 Å². The fourth-order valence-corrected chi connectivity index (χ4v) is 2.26. The van der Waals surface area contributed by atoms with E-state index in [1.807, 2.05) is 6.07 Å². The van der Waals surface area contributed by atoms with Crippen molar-refractivity contribution in [2.75, 3.05) is 31.2 Å². The molecule has 2 heterocycles. The lowest BCUT2D eigenvalue weighted by molar-refractivity contribution is 0.0158. The highest BCUT2D eigenvalue weighted by atomic mass is 79.9. The van der Waals surface area contributed by atoms with Crippen LogP contribution in [0.4, 0.5) is 5.82 Å². The van der Waals surface area contributed by atoms with E-state index < -0.39 is 0 Å². The van der Waals surface area contributed by atoms with Crippen LogP contribution in [0.1, 0.15) is 12.8 Å². The van der Waals surface area contributed by atoms with E-state index in [1.54, 1.807) is 6.33 Å². The average Bonchev–Trinajstić information content (AvgIpc) is 2.37. The summed E-state index contributed by atoms with van der Waals surface area (Å²) in [6.45, 7) is 2.39. The molecule has 0 spiro atoms. The van der Waals surface area contributed by atoms with Gasteiger partial charge in [0, 0.05) is 19.2 Å². The number of hydrogen-bond acceptors (Lipinski definition) is 5. The molecular formula is C11H16BrN3O2. The molecule has 1 aromatic heterocycles. The molecule has 0 unspecified atom stereocenters. The predicted molar refractivity (Wildman–Crippen MR) is 68.0 cm³/mol. The van der Waals surface area contributed by atoms with Crippen molar-refractivity contribution < 1.29 is 9.84 Å². The molecule has 1 aliphatic heterocycles. The molecule has 0 radical (unpaired) electrons. The molecule has 0 amide bonds. The van der Waals surface area contributed by atoms with Crippen molar-refractivity contribution >= 4 is 21.7 Å². The van der Waals surface area contributed by atoms with Gasteiger partial charge in [-0.1, -0.05) is 0 Å². The number of nitrogens with zero attached hydrogens (tertiary/aromatic N) is 3. The Hall–Kier alpha value is -0.720. The van der Waals surface area contributed by atoms with E-state index in [2.05, 4.69) is 30.8 Å². The van der Waals surface area contributed by atoms with Gasteiger partial charge in [-0.2, -0.15) is 0 Å². The molecule has 0 aliphatic carbocycles. The van der Waals surface area contributed by atoms with Gasteiger partial charge in [0.15, 0.2) is 0 Å². The predicted octanol–water partition coefficient (Wildman–Crippen LogP) is 1.22. The van der Waals surface area contributed by atoms with Crippen LogP contribution < -0.4 is 4.90 Å². The van der Waals surface area contributed by atoms with E-state index in [1.165, 1.54) is 0 Å². The molecular weight excluding hydrogens is 286 g/mol. The minimum atomic E-state index is 0.0963. The molecule has 0 aromatic carbocycles. The molecule has 1 aliphatic rings. The lowest BCUT2D eigenvalue weighted by Crippen LogP contribution is -2.37. The molecule has 17 heavy (non-hydrogen) atoms. The molecule has 1 N–H and O–H groups in total. The maximum absolute atomic E-state index is 8.70. The molecule has 1 aromatic rings. The summed E-state index contributed by atoms with van der Waals surface area (Å²) in [6.07, 6.45) is 3.78. The Balaban J connectivity index is 1.86. The van der Waals surface area contributed by atoms with Gasteiger partial charge in [-0.25, -0.2) is 9.97 Å². The third-order valence-electron chi connectivity index (χ3n) is 2.83. The van der Waals surface area contributed by atoms with Crippen molar-refractivity contribution in [3.05, 3.63) is 17.0 Å². The van der Waals surface area contributed by atoms with Crippen molar-refractivity contribution in [2.45, 2.75) is 18.9 Å². The van der Waals surface area contributed by atoms with Gasteiger partial charge < -0.3 is 14.7 Å². The second-order valence-corrected chi connectivity index (χ2v) is 4.79. The monoisotopic (exact) mass is 301 g/mol. The Kier molecular flexibility index (Phi) is 4.70. The van der Waals surface area contributed by atoms with Gasteiger partial charge in [0.05, 0.1) is 19.3 Å². The Morgan fingerprint density at radius 3 is 2.82 bits per heavy atom. The van der Waals surface area contributed by atoms with Crippen LogP contribution in [0.3, 0.4) is 0 Å². The molecule has 1 saturated heterocycles. The van der Waals surface area contributed by atoms with Crippen LogP contribution in [0.2, 0.25) is 0 Å². The number of hydrogen-bond donors (Lipinski definition) is 1. The molecule has 94 valence electrons. The minimum Gasteiger partial charge on any atom is -0.394 e. The summed E-state index contributed by atoms with van der Waals surface area (Å²) in [5.74, 6) is 0.951. The first-order valence-corrected chi connectivity index (χ1v) is 6.54. The summed E-state index contributed by atoms with van der Waals surface area (Å²) in [7, 11) is 0. The van der Waals surface area contributed by atoms with Gasteiger partial charge >= 0.3 is 0 Å². The Morgan fingerprint density at radius 1 is 1.41 bits per heavy atom. The van der Waals surface area contributed by atoms with E-state index in [-0.39, 0.29) is 12.7 Å². The van der Waals surface area contributed by atoms with Crippen LogP contribution in [-0.2, 0) is 4.74 Å². The quantitative estimate of drug-likeness (QED) is 0.847. The average molecular weight is 302 g/mol. The molecule has 0 atom stereocenters. The van der Waals surface area contributed by atoms with Crippen LogP contribution in [0.5, 0.6) is 0 Å². The van der Waals surface area contributed by atoms with Gasteiger partial charge in [0.1, 0.15) is 16.7 Å². The van der Waals surface area contributed by atoms with Crippen molar-refractivity contribution in [2.24, 2.45) is 0 Å². The largest absolute Gasteiger partial charge is 0.394 e. The van der Waals surface area contributed by atoms with Crippen molar-refractivity contribution in [3.63, 3.8) is 0 Å². The number of halogens is 1. The van der Waals surface area contributed by atoms with Gasteiger partial charge in [-0.15, -0.1) is 0 Å². The van der Waals surface area contributed by atoms with Gasteiger partial charge in [0.25, 0.3) is 0 Å². The summed E-state index contributed by atoms with van der Waals surface area (Å²) >= 11 is 3.34. The smallest absolute Gasteiger partial charge is 0.133 e. The highest BCUT2D eigenvalue weighted by Crippen LogP contribution is 2.20. The zero-order valence-electron chi connectivity index (χ0n) is 9.55. The molecule has 2 rings (SSSR count). The fraction of sp³-hybridized carbons (Fsp3) is 0.636. The fourth-order valence-electron chi connectivity index (χ4n) is 1.97. The lowest BCUT2D eigenvalue weighted by atomic mass is 10.1. The van der Waals surface area contributed by atoms with Gasteiger partial charge in [-0.3, -0.25) is 0 Å². The Bertz CT molecular complexity index is 356. The number of piperidine rings is 1. The second-order valence-electron chi connectivity index (χ2n) is 3.98. The van der Waals surface area contributed by atoms with Gasteiger partial charge in [-0.05, 0) is 28.8 Å². The zero-order chi connectivity index (χ0) is 12.1. The molecule has 5 nitrogen and oxygen atoms in total. The van der Waals surface area contributed by atoms with Crippen molar-refractivity contribution in [3.8, 4) is 0 Å². The lowest BCUT2D eigenvalue weighted by Gasteiger charge is -2.32. The summed E-state index contributed by atoms with van der Waals surface area (Å²) in [4.78, 5) is 10.5. The number of rotatable bonds is 4. The summed E-state index contributed by atoms with van der Waals surface area (Å²) in [5, 5.41) is 8.70. The topological polar surface area (TPSA) is 58.5 Å². The maximum Gasteiger partial charge on any atom is 0.133 e. The number of ether oxygens (including phenoxy) is 1. The minimum absolute atomic E-state index is 0.0963. The standard InChI is InChI=1S/C11H16BrN3O2/c12-10-7-11(14-8-13-10)15-3-1-9(2-4-15)17-6-5-16/h7-9,16H,1-6H2. The Labute approximate surface area is 109 Å². The zero-order valence-corrected chi connectivity index (χ0v) is 11.1. The molecule has 0 saturated carbocycles. The third kappa shape index (κ3) is 3.62. The van der Waals surface area contributed by atoms with E-state index in [4.69, 9.17) is 9.84 Å². The van der Waals surface area contributed by atoms with Crippen molar-refractivity contribution in [1.82, 2.24) is 9.97 Å². The first kappa shape index (κ1) is 12.7. The van der Waals surface area contributed by atoms with Crippen molar-refractivity contribution in [1.29, 1.82) is 0 Å². The maximum atomic E-state index is 8.70. The van der Waals surface area contributed by atoms with Gasteiger partial charge in [0.2, 0.25) is 0 Å². The first-order chi connectivity index (χ1) is 8.29. The van der Waals surface area contributed by atoms with E-state index in [0.717, 1.165) is 36.4 Å². The number of aromatic nitrogens is 2. The summed E-state index contributed by atoms with van der Waals surface area (Å²) in [5.41, 5.74) is 0. The van der Waals surface area contributed by atoms with Crippen LogP contribution in [0.25, 0.3) is 0 Å². The number of aliphatic hydroxyl groups is 1. The molecule has 6 heteroatoms. The highest BCUT2D eigenvalue weighted by Gasteiger charge is 2.20. The summed E-state index contributed by atoms with van der Waals surface area (Å²) in [6, 6.07) is 1.93. The van der Waals surface area contributed by atoms with Crippen LogP contribution in [0.15, 0.2) is 17.0 Å². The second kappa shape index (κ2) is 6.28. The van der Waals surface area contributed by atoms with Crippen LogP contribution in [-0.4, -0.2) is 47.5 Å². The third-order valence-corrected chi connectivity index (χ3v) is 3.26. The first-order valence-electron chi connectivity index (χ1n) is 5.74. The normalized spacial score (nSPS) is 17.4. The number of aliphatic hydroxyl groups excluding tert-OH is 1. The molecule has 1 fully saturated rings. The summed E-state index contributed by atoms with van der Waals surface area (Å²) < 4.78 is 6.33. The Morgan fingerprint density at radius 2 is 2.18 bits per heavy atom. The molecule has 0 bridgehead atoms. The highest BCUT2D eigenvalue weighted by molar-refractivity contribution is 9.10. The van der Waals surface area contributed by atoms with Crippen LogP contribution in [0, 0.1) is 0 Å². The number of anilines is 1. The van der Waals surface area contributed by atoms with E-state index in [0.29, 0.717) is 6.61 Å². The SMILES string of the molecule is OCCOC1CCN(c2cc(Br)ncn2)CC1. The van der Waals surface area contributed by atoms with E-state index in [9.17, 15) is 0 Å². The van der Waals surface area contributed by atoms with Crippen LogP contribution >= 0.6 is 15.9 Å².